The number of nitrogens with one attached hydrogen (secondary N) is 1. The third kappa shape index (κ3) is 3.47. The molecule has 1 aromatic carbocycles. The lowest BCUT2D eigenvalue weighted by Gasteiger charge is -2.19. The summed E-state index contributed by atoms with van der Waals surface area (Å²) in [4.78, 5) is 0. The highest BCUT2D eigenvalue weighted by Gasteiger charge is 2.18. The zero-order chi connectivity index (χ0) is 13.0. The summed E-state index contributed by atoms with van der Waals surface area (Å²) in [6.45, 7) is 2.02. The molecule has 100 valence electrons. The van der Waals surface area contributed by atoms with E-state index in [4.69, 9.17) is 17.4 Å². The maximum atomic E-state index is 6.17. The van der Waals surface area contributed by atoms with E-state index in [2.05, 4.69) is 17.6 Å². The molecule has 1 aliphatic carbocycles. The summed E-state index contributed by atoms with van der Waals surface area (Å²) in [6, 6.07) is 6.46. The van der Waals surface area contributed by atoms with E-state index >= 15 is 0 Å². The van der Waals surface area contributed by atoms with Gasteiger partial charge in [-0.15, -0.1) is 0 Å². The third-order valence-corrected chi connectivity index (χ3v) is 4.54. The lowest BCUT2D eigenvalue weighted by molar-refractivity contribution is 0.416. The van der Waals surface area contributed by atoms with E-state index in [1.165, 1.54) is 37.7 Å². The number of aryl methyl sites for hydroxylation is 1. The van der Waals surface area contributed by atoms with Crippen molar-refractivity contribution >= 4 is 11.6 Å². The Hall–Kier alpha value is -0.570. The van der Waals surface area contributed by atoms with Crippen molar-refractivity contribution in [1.82, 2.24) is 5.43 Å². The van der Waals surface area contributed by atoms with Crippen molar-refractivity contribution in [3.8, 4) is 0 Å². The Balaban J connectivity index is 1.96. The van der Waals surface area contributed by atoms with Crippen LogP contribution in [0.3, 0.4) is 0 Å². The topological polar surface area (TPSA) is 38.0 Å². The smallest absolute Gasteiger partial charge is 0.0460 e. The molecule has 0 bridgehead atoms. The quantitative estimate of drug-likeness (QED) is 0.621. The van der Waals surface area contributed by atoms with Gasteiger partial charge in [-0.2, -0.15) is 0 Å². The van der Waals surface area contributed by atoms with Crippen LogP contribution in [0.5, 0.6) is 0 Å². The molecule has 3 N–H and O–H groups in total. The molecule has 0 saturated heterocycles. The van der Waals surface area contributed by atoms with Crippen molar-refractivity contribution in [2.45, 2.75) is 51.5 Å². The molecule has 3 heteroatoms. The van der Waals surface area contributed by atoms with Crippen molar-refractivity contribution in [3.63, 3.8) is 0 Å². The highest BCUT2D eigenvalue weighted by Crippen LogP contribution is 2.32. The molecule has 2 rings (SSSR count). The molecule has 0 amide bonds. The van der Waals surface area contributed by atoms with Gasteiger partial charge in [-0.3, -0.25) is 11.3 Å². The minimum atomic E-state index is 0.226. The molecular weight excluding hydrogens is 244 g/mol. The summed E-state index contributed by atoms with van der Waals surface area (Å²) in [5, 5.41) is 0.827. The van der Waals surface area contributed by atoms with Gasteiger partial charge in [0.1, 0.15) is 0 Å². The van der Waals surface area contributed by atoms with Crippen LogP contribution >= 0.6 is 11.6 Å². The standard InChI is InChI=1S/C15H23ClN2/c1-11-6-8-13(10-14(11)16)15(18-17)9-7-12-4-2-3-5-12/h6,8,10,12,15,18H,2-5,7,9,17H2,1H3. The monoisotopic (exact) mass is 266 g/mol. The summed E-state index contributed by atoms with van der Waals surface area (Å²) in [7, 11) is 0. The van der Waals surface area contributed by atoms with Crippen LogP contribution in [0, 0.1) is 12.8 Å². The fraction of sp³-hybridized carbons (Fsp3) is 0.600. The van der Waals surface area contributed by atoms with Gasteiger partial charge in [-0.25, -0.2) is 0 Å². The molecule has 1 aliphatic rings. The van der Waals surface area contributed by atoms with Gasteiger partial charge < -0.3 is 0 Å². The van der Waals surface area contributed by atoms with E-state index < -0.39 is 0 Å². The van der Waals surface area contributed by atoms with E-state index in [1.807, 2.05) is 13.0 Å². The molecule has 1 saturated carbocycles. The zero-order valence-corrected chi connectivity index (χ0v) is 11.8. The fourth-order valence-corrected chi connectivity index (χ4v) is 3.06. The van der Waals surface area contributed by atoms with Gasteiger partial charge in [0.05, 0.1) is 0 Å². The molecule has 1 atom stereocenters. The Morgan fingerprint density at radius 2 is 2.11 bits per heavy atom. The van der Waals surface area contributed by atoms with Crippen LogP contribution in [0.1, 0.15) is 55.7 Å². The zero-order valence-electron chi connectivity index (χ0n) is 11.1. The van der Waals surface area contributed by atoms with Gasteiger partial charge in [-0.1, -0.05) is 49.4 Å². The van der Waals surface area contributed by atoms with Crippen LogP contribution in [0.25, 0.3) is 0 Å². The molecule has 1 fully saturated rings. The molecular formula is C15H23ClN2. The van der Waals surface area contributed by atoms with Crippen LogP contribution in [0.4, 0.5) is 0 Å². The first kappa shape index (κ1) is 13.9. The average Bonchev–Trinajstić information content (AvgIpc) is 2.87. The summed E-state index contributed by atoms with van der Waals surface area (Å²) < 4.78 is 0. The summed E-state index contributed by atoms with van der Waals surface area (Å²) in [6.07, 6.45) is 7.96. The van der Waals surface area contributed by atoms with E-state index in [9.17, 15) is 0 Å². The number of hydrogen-bond acceptors (Lipinski definition) is 2. The van der Waals surface area contributed by atoms with Gasteiger partial charge in [-0.05, 0) is 42.9 Å². The highest BCUT2D eigenvalue weighted by atomic mass is 35.5. The Morgan fingerprint density at radius 1 is 1.39 bits per heavy atom. The van der Waals surface area contributed by atoms with Crippen LogP contribution in [-0.2, 0) is 0 Å². The second-order valence-corrected chi connectivity index (χ2v) is 5.86. The molecule has 0 aliphatic heterocycles. The number of rotatable bonds is 5. The molecule has 2 nitrogen and oxygen atoms in total. The lowest BCUT2D eigenvalue weighted by atomic mass is 9.95. The maximum Gasteiger partial charge on any atom is 0.0460 e. The average molecular weight is 267 g/mol. The molecule has 1 unspecified atom stereocenters. The van der Waals surface area contributed by atoms with Crippen molar-refractivity contribution in [1.29, 1.82) is 0 Å². The number of halogens is 1. The normalized spacial score (nSPS) is 18.2. The van der Waals surface area contributed by atoms with Gasteiger partial charge >= 0.3 is 0 Å². The Bertz CT molecular complexity index is 386. The minimum absolute atomic E-state index is 0.226. The first-order chi connectivity index (χ1) is 8.70. The summed E-state index contributed by atoms with van der Waals surface area (Å²) >= 11 is 6.17. The van der Waals surface area contributed by atoms with E-state index in [0.29, 0.717) is 0 Å². The first-order valence-corrected chi connectivity index (χ1v) is 7.30. The summed E-state index contributed by atoms with van der Waals surface area (Å²) in [5.74, 6) is 6.59. The molecule has 0 spiro atoms. The van der Waals surface area contributed by atoms with Gasteiger partial charge in [0.2, 0.25) is 0 Å². The van der Waals surface area contributed by atoms with Gasteiger partial charge in [0.15, 0.2) is 0 Å². The van der Waals surface area contributed by atoms with Crippen molar-refractivity contribution in [2.75, 3.05) is 0 Å². The fourth-order valence-electron chi connectivity index (χ4n) is 2.87. The van der Waals surface area contributed by atoms with E-state index in [0.717, 1.165) is 22.9 Å². The number of hydrogen-bond donors (Lipinski definition) is 2. The number of hydrazine groups is 1. The van der Waals surface area contributed by atoms with Crippen molar-refractivity contribution < 1.29 is 0 Å². The second kappa shape index (κ2) is 6.55. The highest BCUT2D eigenvalue weighted by molar-refractivity contribution is 6.31. The molecule has 0 aromatic heterocycles. The molecule has 0 radical (unpaired) electrons. The minimum Gasteiger partial charge on any atom is -0.271 e. The second-order valence-electron chi connectivity index (χ2n) is 5.46. The predicted octanol–water partition coefficient (Wildman–Crippen LogP) is 4.12. The first-order valence-electron chi connectivity index (χ1n) is 6.93. The predicted molar refractivity (Wildman–Crippen MR) is 77.4 cm³/mol. The van der Waals surface area contributed by atoms with Crippen LogP contribution in [0.2, 0.25) is 5.02 Å². The Morgan fingerprint density at radius 3 is 2.72 bits per heavy atom. The van der Waals surface area contributed by atoms with Crippen molar-refractivity contribution in [3.05, 3.63) is 34.3 Å². The SMILES string of the molecule is Cc1ccc(C(CCC2CCCC2)NN)cc1Cl. The Labute approximate surface area is 115 Å². The van der Waals surface area contributed by atoms with Crippen molar-refractivity contribution in [2.24, 2.45) is 11.8 Å². The lowest BCUT2D eigenvalue weighted by Crippen LogP contribution is -2.28. The van der Waals surface area contributed by atoms with Crippen LogP contribution < -0.4 is 11.3 Å². The third-order valence-electron chi connectivity index (χ3n) is 4.14. The summed E-state index contributed by atoms with van der Waals surface area (Å²) in [5.41, 5.74) is 5.25. The van der Waals surface area contributed by atoms with Gasteiger partial charge in [0.25, 0.3) is 0 Å². The number of benzene rings is 1. The van der Waals surface area contributed by atoms with Gasteiger partial charge in [0, 0.05) is 11.1 Å². The molecule has 1 aromatic rings. The Kier molecular flexibility index (Phi) is 5.04. The number of nitrogens with two attached hydrogens (primary N) is 1. The van der Waals surface area contributed by atoms with E-state index in [-0.39, 0.29) is 6.04 Å². The largest absolute Gasteiger partial charge is 0.271 e. The maximum absolute atomic E-state index is 6.17. The molecule has 0 heterocycles. The van der Waals surface area contributed by atoms with Crippen LogP contribution in [-0.4, -0.2) is 0 Å². The van der Waals surface area contributed by atoms with Crippen LogP contribution in [0.15, 0.2) is 18.2 Å². The molecule has 18 heavy (non-hydrogen) atoms. The van der Waals surface area contributed by atoms with E-state index in [1.54, 1.807) is 0 Å².